The van der Waals surface area contributed by atoms with Crippen LogP contribution in [0, 0.1) is 10.1 Å². The number of nitro benzene ring substituents is 1. The van der Waals surface area contributed by atoms with Crippen molar-refractivity contribution < 1.29 is 22.8 Å². The van der Waals surface area contributed by atoms with Crippen molar-refractivity contribution in [3.05, 3.63) is 58.1 Å². The van der Waals surface area contributed by atoms with Crippen molar-refractivity contribution in [1.82, 2.24) is 4.31 Å². The maximum atomic E-state index is 13.2. The zero-order chi connectivity index (χ0) is 19.6. The predicted molar refractivity (Wildman–Crippen MR) is 98.5 cm³/mol. The van der Waals surface area contributed by atoms with Crippen LogP contribution in [0.2, 0.25) is 0 Å². The largest absolute Gasteiger partial charge is 0.493 e. The molecule has 0 unspecified atom stereocenters. The van der Waals surface area contributed by atoms with Crippen LogP contribution in [0.15, 0.2) is 47.4 Å². The number of para-hydroxylation sites is 1. The SMILES string of the molecule is COc1ccc([C@@H]2CCCN2S(=O)(=O)c2ccccc2[N+](=O)[O-])cc1OC. The predicted octanol–water partition coefficient (Wildman–Crippen LogP) is 3.14. The van der Waals surface area contributed by atoms with E-state index in [0.717, 1.165) is 5.56 Å². The summed E-state index contributed by atoms with van der Waals surface area (Å²) in [6.07, 6.45) is 1.29. The third-order valence-corrected chi connectivity index (χ3v) is 6.60. The van der Waals surface area contributed by atoms with Crippen molar-refractivity contribution >= 4 is 15.7 Å². The highest BCUT2D eigenvalue weighted by atomic mass is 32.2. The van der Waals surface area contributed by atoms with Crippen LogP contribution in [-0.2, 0) is 10.0 Å². The van der Waals surface area contributed by atoms with Crippen LogP contribution in [0.1, 0.15) is 24.4 Å². The molecule has 1 saturated heterocycles. The van der Waals surface area contributed by atoms with Gasteiger partial charge < -0.3 is 9.47 Å². The smallest absolute Gasteiger partial charge is 0.289 e. The molecule has 0 aliphatic carbocycles. The third-order valence-electron chi connectivity index (χ3n) is 4.64. The van der Waals surface area contributed by atoms with E-state index in [1.165, 1.54) is 42.8 Å². The van der Waals surface area contributed by atoms with Crippen LogP contribution >= 0.6 is 0 Å². The van der Waals surface area contributed by atoms with Gasteiger partial charge in [-0.15, -0.1) is 0 Å². The highest BCUT2D eigenvalue weighted by Gasteiger charge is 2.39. The molecule has 0 bridgehead atoms. The molecule has 0 amide bonds. The van der Waals surface area contributed by atoms with E-state index in [1.807, 2.05) is 0 Å². The van der Waals surface area contributed by atoms with E-state index in [-0.39, 0.29) is 4.90 Å². The number of rotatable bonds is 6. The summed E-state index contributed by atoms with van der Waals surface area (Å²) in [5, 5.41) is 11.3. The second-order valence-corrected chi connectivity index (χ2v) is 7.97. The number of nitrogens with zero attached hydrogens (tertiary/aromatic N) is 2. The standard InChI is InChI=1S/C18H20N2O6S/c1-25-16-10-9-13(12-17(16)26-2)14-7-5-11-19(14)27(23,24)18-8-4-3-6-15(18)20(21)22/h3-4,6,8-10,12,14H,5,7,11H2,1-2H3/t14-/m0/s1. The molecule has 27 heavy (non-hydrogen) atoms. The minimum atomic E-state index is -4.03. The van der Waals surface area contributed by atoms with E-state index in [1.54, 1.807) is 18.2 Å². The van der Waals surface area contributed by atoms with Crippen LogP contribution in [0.5, 0.6) is 11.5 Å². The van der Waals surface area contributed by atoms with E-state index in [2.05, 4.69) is 0 Å². The van der Waals surface area contributed by atoms with Crippen molar-refractivity contribution in [2.45, 2.75) is 23.8 Å². The Morgan fingerprint density at radius 3 is 2.48 bits per heavy atom. The molecule has 1 fully saturated rings. The molecule has 8 nitrogen and oxygen atoms in total. The lowest BCUT2D eigenvalue weighted by Crippen LogP contribution is -2.31. The molecule has 0 aromatic heterocycles. The maximum absolute atomic E-state index is 13.2. The lowest BCUT2D eigenvalue weighted by Gasteiger charge is -2.25. The van der Waals surface area contributed by atoms with Gasteiger partial charge in [0.25, 0.3) is 5.69 Å². The average molecular weight is 392 g/mol. The van der Waals surface area contributed by atoms with Crippen LogP contribution in [0.4, 0.5) is 5.69 Å². The van der Waals surface area contributed by atoms with Crippen molar-refractivity contribution in [1.29, 1.82) is 0 Å². The van der Waals surface area contributed by atoms with Gasteiger partial charge in [-0.2, -0.15) is 4.31 Å². The fraction of sp³-hybridized carbons (Fsp3) is 0.333. The quantitative estimate of drug-likeness (QED) is 0.553. The van der Waals surface area contributed by atoms with E-state index in [0.29, 0.717) is 30.9 Å². The van der Waals surface area contributed by atoms with Crippen molar-refractivity contribution in [3.63, 3.8) is 0 Å². The van der Waals surface area contributed by atoms with Crippen molar-refractivity contribution in [2.75, 3.05) is 20.8 Å². The average Bonchev–Trinajstić information content (AvgIpc) is 3.18. The normalized spacial score (nSPS) is 17.6. The Bertz CT molecular complexity index is 960. The summed E-state index contributed by atoms with van der Waals surface area (Å²) >= 11 is 0. The Morgan fingerprint density at radius 1 is 1.11 bits per heavy atom. The molecule has 0 saturated carbocycles. The summed E-state index contributed by atoms with van der Waals surface area (Å²) in [7, 11) is -0.989. The number of sulfonamides is 1. The monoisotopic (exact) mass is 392 g/mol. The number of hydrogen-bond acceptors (Lipinski definition) is 6. The summed E-state index contributed by atoms with van der Waals surface area (Å²) in [4.78, 5) is 10.3. The molecule has 2 aromatic carbocycles. The Morgan fingerprint density at radius 2 is 1.81 bits per heavy atom. The molecule has 9 heteroatoms. The van der Waals surface area contributed by atoms with Crippen molar-refractivity contribution in [3.8, 4) is 11.5 Å². The zero-order valence-corrected chi connectivity index (χ0v) is 15.8. The van der Waals surface area contributed by atoms with Gasteiger partial charge in [-0.05, 0) is 36.6 Å². The van der Waals surface area contributed by atoms with Gasteiger partial charge in [0.2, 0.25) is 10.0 Å². The molecule has 1 atom stereocenters. The van der Waals surface area contributed by atoms with Gasteiger partial charge >= 0.3 is 0 Å². The topological polar surface area (TPSA) is 99.0 Å². The summed E-state index contributed by atoms with van der Waals surface area (Å²) in [6, 6.07) is 10.3. The molecule has 2 aromatic rings. The van der Waals surface area contributed by atoms with E-state index >= 15 is 0 Å². The van der Waals surface area contributed by atoms with Gasteiger partial charge in [0.15, 0.2) is 16.4 Å². The second kappa shape index (κ2) is 7.53. The van der Waals surface area contributed by atoms with Gasteiger partial charge in [-0.1, -0.05) is 18.2 Å². The molecule has 1 aliphatic heterocycles. The summed E-state index contributed by atoms with van der Waals surface area (Å²) in [5.41, 5.74) is 0.336. The Balaban J connectivity index is 2.03. The van der Waals surface area contributed by atoms with Crippen molar-refractivity contribution in [2.24, 2.45) is 0 Å². The summed E-state index contributed by atoms with van der Waals surface area (Å²) in [6.45, 7) is 0.299. The van der Waals surface area contributed by atoms with Gasteiger partial charge in [0.1, 0.15) is 0 Å². The molecule has 0 radical (unpaired) electrons. The van der Waals surface area contributed by atoms with E-state index < -0.39 is 26.7 Å². The first-order chi connectivity index (χ1) is 12.9. The minimum Gasteiger partial charge on any atom is -0.493 e. The van der Waals surface area contributed by atoms with Gasteiger partial charge in [0, 0.05) is 12.6 Å². The fourth-order valence-corrected chi connectivity index (χ4v) is 5.22. The van der Waals surface area contributed by atoms with Crippen LogP contribution in [0.25, 0.3) is 0 Å². The molecule has 1 heterocycles. The third kappa shape index (κ3) is 3.47. The van der Waals surface area contributed by atoms with Gasteiger partial charge in [-0.3, -0.25) is 10.1 Å². The van der Waals surface area contributed by atoms with Crippen LogP contribution in [0.3, 0.4) is 0 Å². The van der Waals surface area contributed by atoms with E-state index in [4.69, 9.17) is 9.47 Å². The second-order valence-electron chi connectivity index (χ2n) is 6.11. The zero-order valence-electron chi connectivity index (χ0n) is 15.0. The first kappa shape index (κ1) is 19.1. The van der Waals surface area contributed by atoms with Crippen LogP contribution in [-0.4, -0.2) is 38.4 Å². The highest BCUT2D eigenvalue weighted by molar-refractivity contribution is 7.89. The number of hydrogen-bond donors (Lipinski definition) is 0. The summed E-state index contributed by atoms with van der Waals surface area (Å²) < 4.78 is 38.2. The lowest BCUT2D eigenvalue weighted by atomic mass is 10.0. The molecule has 144 valence electrons. The lowest BCUT2D eigenvalue weighted by molar-refractivity contribution is -0.387. The Kier molecular flexibility index (Phi) is 5.33. The van der Waals surface area contributed by atoms with E-state index in [9.17, 15) is 18.5 Å². The number of nitro groups is 1. The van der Waals surface area contributed by atoms with Gasteiger partial charge in [-0.25, -0.2) is 8.42 Å². The molecule has 0 N–H and O–H groups in total. The highest BCUT2D eigenvalue weighted by Crippen LogP contribution is 2.40. The number of ether oxygens (including phenoxy) is 2. The van der Waals surface area contributed by atoms with Gasteiger partial charge in [0.05, 0.1) is 25.2 Å². The molecular formula is C18H20N2O6S. The number of methoxy groups -OCH3 is 2. The Hall–Kier alpha value is -2.65. The molecule has 0 spiro atoms. The minimum absolute atomic E-state index is 0.289. The first-order valence-electron chi connectivity index (χ1n) is 8.37. The number of benzene rings is 2. The Labute approximate surface area is 157 Å². The fourth-order valence-electron chi connectivity index (χ4n) is 3.37. The molecule has 1 aliphatic rings. The summed E-state index contributed by atoms with van der Waals surface area (Å²) in [5.74, 6) is 1.05. The first-order valence-corrected chi connectivity index (χ1v) is 9.81. The maximum Gasteiger partial charge on any atom is 0.289 e. The van der Waals surface area contributed by atoms with Crippen LogP contribution < -0.4 is 9.47 Å². The molecular weight excluding hydrogens is 372 g/mol. The molecule has 3 rings (SSSR count).